The summed E-state index contributed by atoms with van der Waals surface area (Å²) in [6.45, 7) is 2.20. The quantitative estimate of drug-likeness (QED) is 0.530. The van der Waals surface area contributed by atoms with Gasteiger partial charge in [0.25, 0.3) is 15.6 Å². The fourth-order valence-corrected chi connectivity index (χ4v) is 3.34. The van der Waals surface area contributed by atoms with Gasteiger partial charge < -0.3 is 5.32 Å². The first-order valence-corrected chi connectivity index (χ1v) is 10.5. The highest BCUT2D eigenvalue weighted by Crippen LogP contribution is 2.31. The van der Waals surface area contributed by atoms with E-state index in [1.807, 2.05) is 0 Å². The van der Waals surface area contributed by atoms with Crippen molar-refractivity contribution in [3.63, 3.8) is 0 Å². The maximum absolute atomic E-state index is 13.4. The number of anilines is 1. The van der Waals surface area contributed by atoms with E-state index < -0.39 is 27.8 Å². The number of pyridine rings is 1. The maximum atomic E-state index is 13.4. The van der Waals surface area contributed by atoms with Crippen molar-refractivity contribution in [3.05, 3.63) is 45.2 Å². The minimum absolute atomic E-state index is 0.0368. The Balaban J connectivity index is 2.07. The van der Waals surface area contributed by atoms with Gasteiger partial charge in [-0.05, 0) is 37.1 Å². The highest BCUT2D eigenvalue weighted by molar-refractivity contribution is 7.89. The third-order valence-corrected chi connectivity index (χ3v) is 5.29. The summed E-state index contributed by atoms with van der Waals surface area (Å²) < 4.78 is 63.2. The van der Waals surface area contributed by atoms with Crippen LogP contribution in [-0.4, -0.2) is 39.1 Å². The minimum Gasteiger partial charge on any atom is -0.361 e. The number of aryl methyl sites for hydroxylation is 1. The molecule has 3 heterocycles. The van der Waals surface area contributed by atoms with Gasteiger partial charge in [-0.15, -0.1) is 0 Å². The van der Waals surface area contributed by atoms with Gasteiger partial charge in [0, 0.05) is 12.7 Å². The van der Waals surface area contributed by atoms with E-state index in [2.05, 4.69) is 25.3 Å². The molecule has 10 nitrogen and oxygen atoms in total. The molecule has 0 aromatic carbocycles. The lowest BCUT2D eigenvalue weighted by Crippen LogP contribution is -2.35. The van der Waals surface area contributed by atoms with Crippen LogP contribution in [0.1, 0.15) is 24.2 Å². The van der Waals surface area contributed by atoms with Crippen LogP contribution >= 0.6 is 11.6 Å². The second kappa shape index (κ2) is 8.01. The summed E-state index contributed by atoms with van der Waals surface area (Å²) in [5.41, 5.74) is -0.850. The van der Waals surface area contributed by atoms with E-state index in [1.165, 1.54) is 19.2 Å². The molecule has 1 atom stereocenters. The predicted molar refractivity (Wildman–Crippen MR) is 105 cm³/mol. The molecule has 0 unspecified atom stereocenters. The predicted octanol–water partition coefficient (Wildman–Crippen LogP) is 1.93. The van der Waals surface area contributed by atoms with Crippen LogP contribution in [0.3, 0.4) is 0 Å². The number of fused-ring (bicyclic) bond motifs is 1. The first-order valence-electron chi connectivity index (χ1n) is 8.53. The molecule has 0 saturated carbocycles. The average molecular weight is 478 g/mol. The zero-order valence-corrected chi connectivity index (χ0v) is 17.5. The van der Waals surface area contributed by atoms with Crippen LogP contribution in [0.15, 0.2) is 28.2 Å². The van der Waals surface area contributed by atoms with Crippen molar-refractivity contribution in [2.45, 2.75) is 37.6 Å². The van der Waals surface area contributed by atoms with Gasteiger partial charge in [-0.3, -0.25) is 9.36 Å². The lowest BCUT2D eigenvalue weighted by atomic mass is 10.2. The molecule has 0 aliphatic carbocycles. The molecule has 0 bridgehead atoms. The fourth-order valence-electron chi connectivity index (χ4n) is 2.68. The number of nitrogens with two attached hydrogens (primary N) is 1. The SMILES string of the molecule is Cc1nc(Cl)nc2c1nc(NCc1ccc(S(N)(=O)=O)nc1)c(=O)n2[C@@H](C)C(F)(F)F. The molecule has 0 aliphatic rings. The number of hydrogen-bond acceptors (Lipinski definition) is 8. The number of rotatable bonds is 5. The summed E-state index contributed by atoms with van der Waals surface area (Å²) in [6, 6.07) is 0.322. The van der Waals surface area contributed by atoms with Crippen LogP contribution in [-0.2, 0) is 16.6 Å². The van der Waals surface area contributed by atoms with E-state index in [-0.39, 0.29) is 39.5 Å². The zero-order chi connectivity index (χ0) is 23.1. The minimum atomic E-state index is -4.74. The van der Waals surface area contributed by atoms with Crippen LogP contribution in [0.5, 0.6) is 0 Å². The molecule has 166 valence electrons. The van der Waals surface area contributed by atoms with Crippen molar-refractivity contribution in [1.82, 2.24) is 24.5 Å². The third-order valence-electron chi connectivity index (χ3n) is 4.30. The Bertz CT molecular complexity index is 1310. The van der Waals surface area contributed by atoms with Gasteiger partial charge >= 0.3 is 6.18 Å². The molecule has 3 aromatic rings. The second-order valence-corrected chi connectivity index (χ2v) is 8.35. The van der Waals surface area contributed by atoms with Crippen molar-refractivity contribution in [1.29, 1.82) is 0 Å². The van der Waals surface area contributed by atoms with E-state index in [4.69, 9.17) is 16.7 Å². The van der Waals surface area contributed by atoms with Gasteiger partial charge in [0.05, 0.1) is 5.69 Å². The van der Waals surface area contributed by atoms with Gasteiger partial charge in [-0.2, -0.15) is 18.2 Å². The Morgan fingerprint density at radius 1 is 1.26 bits per heavy atom. The Morgan fingerprint density at radius 3 is 2.48 bits per heavy atom. The van der Waals surface area contributed by atoms with Crippen LogP contribution in [0.25, 0.3) is 11.2 Å². The molecule has 31 heavy (non-hydrogen) atoms. The monoisotopic (exact) mass is 477 g/mol. The molecule has 0 saturated heterocycles. The number of hydrogen-bond donors (Lipinski definition) is 2. The van der Waals surface area contributed by atoms with Crippen molar-refractivity contribution in [3.8, 4) is 0 Å². The Hall–Kier alpha value is -2.84. The molecule has 0 amide bonds. The largest absolute Gasteiger partial charge is 0.409 e. The maximum Gasteiger partial charge on any atom is 0.409 e. The standard InChI is InChI=1S/C16H15ClF3N7O3S/c1-7-11-13(26-15(17)24-7)27(8(2)16(18,19)20)14(28)12(25-11)23-6-9-3-4-10(22-5-9)31(21,29)30/h3-5,8H,6H2,1-2H3,(H,23,25)(H2,21,29,30)/t8-/m0/s1. The number of sulfonamides is 1. The number of nitrogens with zero attached hydrogens (tertiary/aromatic N) is 5. The zero-order valence-electron chi connectivity index (χ0n) is 16.0. The molecule has 3 rings (SSSR count). The molecule has 3 N–H and O–H groups in total. The van der Waals surface area contributed by atoms with Crippen molar-refractivity contribution < 1.29 is 21.6 Å². The van der Waals surface area contributed by atoms with Gasteiger partial charge in [-0.25, -0.2) is 28.5 Å². The average Bonchev–Trinajstić information content (AvgIpc) is 2.65. The van der Waals surface area contributed by atoms with Crippen molar-refractivity contribution >= 4 is 38.6 Å². The normalized spacial score (nSPS) is 13.4. The van der Waals surface area contributed by atoms with E-state index >= 15 is 0 Å². The number of primary sulfonamides is 1. The molecule has 0 aliphatic heterocycles. The van der Waals surface area contributed by atoms with Crippen molar-refractivity contribution in [2.75, 3.05) is 5.32 Å². The van der Waals surface area contributed by atoms with Crippen LogP contribution in [0.2, 0.25) is 5.28 Å². The molecule has 0 fully saturated rings. The second-order valence-electron chi connectivity index (χ2n) is 6.51. The first-order chi connectivity index (χ1) is 14.3. The number of aromatic nitrogens is 5. The molecule has 15 heteroatoms. The first kappa shape index (κ1) is 22.8. The summed E-state index contributed by atoms with van der Waals surface area (Å²) >= 11 is 5.77. The van der Waals surface area contributed by atoms with Gasteiger partial charge in [0.15, 0.2) is 16.5 Å². The summed E-state index contributed by atoms with van der Waals surface area (Å²) in [5, 5.41) is 6.94. The van der Waals surface area contributed by atoms with Crippen LogP contribution in [0.4, 0.5) is 19.0 Å². The van der Waals surface area contributed by atoms with E-state index in [0.29, 0.717) is 10.1 Å². The smallest absolute Gasteiger partial charge is 0.361 e. The van der Waals surface area contributed by atoms with Crippen molar-refractivity contribution in [2.24, 2.45) is 5.14 Å². The number of halogens is 4. The van der Waals surface area contributed by atoms with Gasteiger partial charge in [-0.1, -0.05) is 6.07 Å². The molecular weight excluding hydrogens is 463 g/mol. The van der Waals surface area contributed by atoms with Gasteiger partial charge in [0.1, 0.15) is 11.6 Å². The molecule has 0 spiro atoms. The van der Waals surface area contributed by atoms with Gasteiger partial charge in [0.2, 0.25) is 5.28 Å². The highest BCUT2D eigenvalue weighted by Gasteiger charge is 2.39. The molecule has 3 aromatic heterocycles. The Kier molecular flexibility index (Phi) is 5.90. The Labute approximate surface area is 178 Å². The lowest BCUT2D eigenvalue weighted by molar-refractivity contribution is -0.162. The summed E-state index contributed by atoms with van der Waals surface area (Å²) in [4.78, 5) is 28.2. The molecular formula is C16H15ClF3N7O3S. The van der Waals surface area contributed by atoms with E-state index in [0.717, 1.165) is 13.0 Å². The molecule has 0 radical (unpaired) electrons. The number of nitrogens with one attached hydrogen (secondary N) is 1. The van der Waals surface area contributed by atoms with Crippen LogP contribution < -0.4 is 16.0 Å². The summed E-state index contributed by atoms with van der Waals surface area (Å²) in [6.07, 6.45) is -3.55. The van der Waals surface area contributed by atoms with Crippen LogP contribution in [0, 0.1) is 6.92 Å². The Morgan fingerprint density at radius 2 is 1.94 bits per heavy atom. The van der Waals surface area contributed by atoms with E-state index in [1.54, 1.807) is 0 Å². The lowest BCUT2D eigenvalue weighted by Gasteiger charge is -2.21. The summed E-state index contributed by atoms with van der Waals surface area (Å²) in [7, 11) is -3.98. The number of alkyl halides is 3. The highest BCUT2D eigenvalue weighted by atomic mass is 35.5. The fraction of sp³-hybridized carbons (Fsp3) is 0.312. The third kappa shape index (κ3) is 4.75. The topological polar surface area (TPSA) is 146 Å². The van der Waals surface area contributed by atoms with E-state index in [9.17, 15) is 26.4 Å². The summed E-state index contributed by atoms with van der Waals surface area (Å²) in [5.74, 6) is -0.381.